The molecule has 0 aliphatic heterocycles. The Balaban J connectivity index is 1.43. The second-order valence-corrected chi connectivity index (χ2v) is 6.25. The molecule has 0 heterocycles. The van der Waals surface area contributed by atoms with Crippen molar-refractivity contribution in [2.45, 2.75) is 0 Å². The summed E-state index contributed by atoms with van der Waals surface area (Å²) in [4.78, 5) is 11.8. The highest BCUT2D eigenvalue weighted by Gasteiger charge is 2.05. The molecule has 3 aromatic rings. The molecule has 0 bridgehead atoms. The van der Waals surface area contributed by atoms with Crippen LogP contribution < -0.4 is 14.8 Å². The van der Waals surface area contributed by atoms with Gasteiger partial charge in [-0.3, -0.25) is 4.79 Å². The summed E-state index contributed by atoms with van der Waals surface area (Å²) in [5.74, 6) is 1.28. The Morgan fingerprint density at radius 2 is 1.60 bits per heavy atom. The SMILES string of the molecule is O=C(COc1ccccc1Br)NCCOc1cccc2ccccc12. The molecule has 0 atom stereocenters. The first-order valence-electron chi connectivity index (χ1n) is 7.98. The third kappa shape index (κ3) is 4.73. The summed E-state index contributed by atoms with van der Waals surface area (Å²) in [5.41, 5.74) is 0. The van der Waals surface area contributed by atoms with E-state index in [1.54, 1.807) is 6.07 Å². The van der Waals surface area contributed by atoms with E-state index >= 15 is 0 Å². The average molecular weight is 400 g/mol. The van der Waals surface area contributed by atoms with Crippen molar-refractivity contribution >= 4 is 32.6 Å². The summed E-state index contributed by atoms with van der Waals surface area (Å²) in [7, 11) is 0. The van der Waals surface area contributed by atoms with E-state index < -0.39 is 0 Å². The first-order chi connectivity index (χ1) is 12.2. The van der Waals surface area contributed by atoms with Crippen LogP contribution in [0.15, 0.2) is 71.2 Å². The van der Waals surface area contributed by atoms with Gasteiger partial charge in [-0.15, -0.1) is 0 Å². The topological polar surface area (TPSA) is 47.6 Å². The third-order valence-corrected chi connectivity index (χ3v) is 4.28. The van der Waals surface area contributed by atoms with Crippen molar-refractivity contribution in [3.63, 3.8) is 0 Å². The molecule has 0 aromatic heterocycles. The number of carbonyl (C=O) groups excluding carboxylic acids is 1. The minimum Gasteiger partial charge on any atom is -0.491 e. The molecule has 0 fully saturated rings. The van der Waals surface area contributed by atoms with Crippen molar-refractivity contribution in [2.24, 2.45) is 0 Å². The van der Waals surface area contributed by atoms with E-state index in [0.29, 0.717) is 18.9 Å². The zero-order valence-electron chi connectivity index (χ0n) is 13.6. The standard InChI is InChI=1S/C20H18BrNO3/c21-17-9-3-4-10-19(17)25-14-20(23)22-12-13-24-18-11-5-7-15-6-1-2-8-16(15)18/h1-11H,12-14H2,(H,22,23). The van der Waals surface area contributed by atoms with Crippen LogP contribution in [0.3, 0.4) is 0 Å². The van der Waals surface area contributed by atoms with Crippen LogP contribution in [-0.4, -0.2) is 25.7 Å². The number of para-hydroxylation sites is 1. The van der Waals surface area contributed by atoms with Crippen LogP contribution in [0.1, 0.15) is 0 Å². The van der Waals surface area contributed by atoms with E-state index in [4.69, 9.17) is 9.47 Å². The number of ether oxygens (including phenoxy) is 2. The highest BCUT2D eigenvalue weighted by atomic mass is 79.9. The molecule has 0 radical (unpaired) electrons. The molecule has 1 N–H and O–H groups in total. The zero-order valence-corrected chi connectivity index (χ0v) is 15.2. The molecule has 4 nitrogen and oxygen atoms in total. The Labute approximate surface area is 154 Å². The fraction of sp³-hybridized carbons (Fsp3) is 0.150. The predicted molar refractivity (Wildman–Crippen MR) is 102 cm³/mol. The Morgan fingerprint density at radius 3 is 2.48 bits per heavy atom. The van der Waals surface area contributed by atoms with Crippen molar-refractivity contribution in [1.82, 2.24) is 5.32 Å². The summed E-state index contributed by atoms with van der Waals surface area (Å²) in [6, 6.07) is 21.4. The molecule has 3 aromatic carbocycles. The molecule has 0 saturated carbocycles. The van der Waals surface area contributed by atoms with Gasteiger partial charge in [0.05, 0.1) is 11.0 Å². The summed E-state index contributed by atoms with van der Waals surface area (Å²) < 4.78 is 12.1. The smallest absolute Gasteiger partial charge is 0.258 e. The van der Waals surface area contributed by atoms with Crippen LogP contribution in [0, 0.1) is 0 Å². The number of fused-ring (bicyclic) bond motifs is 1. The summed E-state index contributed by atoms with van der Waals surface area (Å²) in [5, 5.41) is 4.98. The molecule has 0 saturated heterocycles. The van der Waals surface area contributed by atoms with E-state index in [0.717, 1.165) is 21.0 Å². The summed E-state index contributed by atoms with van der Waals surface area (Å²) in [6.45, 7) is 0.785. The van der Waals surface area contributed by atoms with Crippen LogP contribution in [0.2, 0.25) is 0 Å². The number of carbonyl (C=O) groups is 1. The molecule has 5 heteroatoms. The maximum atomic E-state index is 11.8. The molecule has 0 unspecified atom stereocenters. The molecule has 0 spiro atoms. The lowest BCUT2D eigenvalue weighted by atomic mass is 10.1. The van der Waals surface area contributed by atoms with Crippen LogP contribution >= 0.6 is 15.9 Å². The number of halogens is 1. The van der Waals surface area contributed by atoms with Crippen LogP contribution in [0.25, 0.3) is 10.8 Å². The van der Waals surface area contributed by atoms with E-state index in [2.05, 4.69) is 21.2 Å². The first kappa shape index (κ1) is 17.3. The Bertz CT molecular complexity index is 861. The van der Waals surface area contributed by atoms with Crippen LogP contribution in [-0.2, 0) is 4.79 Å². The molecular weight excluding hydrogens is 382 g/mol. The van der Waals surface area contributed by atoms with Crippen molar-refractivity contribution in [2.75, 3.05) is 19.8 Å². The number of rotatable bonds is 7. The zero-order chi connectivity index (χ0) is 17.5. The minimum atomic E-state index is -0.183. The highest BCUT2D eigenvalue weighted by Crippen LogP contribution is 2.25. The van der Waals surface area contributed by atoms with Gasteiger partial charge in [0.25, 0.3) is 5.91 Å². The van der Waals surface area contributed by atoms with Gasteiger partial charge in [0.2, 0.25) is 0 Å². The average Bonchev–Trinajstić information content (AvgIpc) is 2.64. The fourth-order valence-electron chi connectivity index (χ4n) is 2.43. The summed E-state index contributed by atoms with van der Waals surface area (Å²) in [6.07, 6.45) is 0. The Morgan fingerprint density at radius 1 is 0.880 bits per heavy atom. The molecule has 1 amide bonds. The lowest BCUT2D eigenvalue weighted by Gasteiger charge is -2.11. The fourth-order valence-corrected chi connectivity index (χ4v) is 2.83. The van der Waals surface area contributed by atoms with Crippen LogP contribution in [0.5, 0.6) is 11.5 Å². The second-order valence-electron chi connectivity index (χ2n) is 5.39. The van der Waals surface area contributed by atoms with Crippen LogP contribution in [0.4, 0.5) is 0 Å². The number of nitrogens with one attached hydrogen (secondary N) is 1. The molecule has 0 aliphatic rings. The lowest BCUT2D eigenvalue weighted by molar-refractivity contribution is -0.123. The number of benzene rings is 3. The van der Waals surface area contributed by atoms with E-state index in [-0.39, 0.29) is 12.5 Å². The molecule has 128 valence electrons. The molecule has 3 rings (SSSR count). The lowest BCUT2D eigenvalue weighted by Crippen LogP contribution is -2.32. The van der Waals surface area contributed by atoms with E-state index in [9.17, 15) is 4.79 Å². The Hall–Kier alpha value is -2.53. The predicted octanol–water partition coefficient (Wildman–Crippen LogP) is 4.18. The molecular formula is C20H18BrNO3. The van der Waals surface area contributed by atoms with Gasteiger partial charge in [0, 0.05) is 5.39 Å². The monoisotopic (exact) mass is 399 g/mol. The third-order valence-electron chi connectivity index (χ3n) is 3.63. The van der Waals surface area contributed by atoms with Gasteiger partial charge in [0.15, 0.2) is 6.61 Å². The largest absolute Gasteiger partial charge is 0.491 e. The van der Waals surface area contributed by atoms with Crippen molar-refractivity contribution in [3.8, 4) is 11.5 Å². The van der Waals surface area contributed by atoms with Gasteiger partial charge >= 0.3 is 0 Å². The van der Waals surface area contributed by atoms with Gasteiger partial charge < -0.3 is 14.8 Å². The number of amides is 1. The van der Waals surface area contributed by atoms with E-state index in [1.807, 2.05) is 60.7 Å². The highest BCUT2D eigenvalue weighted by molar-refractivity contribution is 9.10. The quantitative estimate of drug-likeness (QED) is 0.606. The van der Waals surface area contributed by atoms with Gasteiger partial charge in [-0.1, -0.05) is 48.5 Å². The van der Waals surface area contributed by atoms with E-state index in [1.165, 1.54) is 0 Å². The maximum absolute atomic E-state index is 11.8. The second kappa shape index (κ2) is 8.53. The normalized spacial score (nSPS) is 10.4. The summed E-state index contributed by atoms with van der Waals surface area (Å²) >= 11 is 3.38. The van der Waals surface area contributed by atoms with Gasteiger partial charge in [-0.2, -0.15) is 0 Å². The molecule has 0 aliphatic carbocycles. The van der Waals surface area contributed by atoms with Gasteiger partial charge in [-0.25, -0.2) is 0 Å². The van der Waals surface area contributed by atoms with Gasteiger partial charge in [0.1, 0.15) is 18.1 Å². The molecule has 25 heavy (non-hydrogen) atoms. The number of hydrogen-bond acceptors (Lipinski definition) is 3. The van der Waals surface area contributed by atoms with Crippen molar-refractivity contribution in [3.05, 3.63) is 71.2 Å². The maximum Gasteiger partial charge on any atom is 0.258 e. The minimum absolute atomic E-state index is 0.0309. The Kier molecular flexibility index (Phi) is 5.90. The van der Waals surface area contributed by atoms with Gasteiger partial charge in [-0.05, 0) is 39.5 Å². The first-order valence-corrected chi connectivity index (χ1v) is 8.78. The number of hydrogen-bond donors (Lipinski definition) is 1. The van der Waals surface area contributed by atoms with Crippen molar-refractivity contribution in [1.29, 1.82) is 0 Å². The van der Waals surface area contributed by atoms with Crippen molar-refractivity contribution < 1.29 is 14.3 Å².